The summed E-state index contributed by atoms with van der Waals surface area (Å²) in [6.07, 6.45) is 0. The third-order valence-electron chi connectivity index (χ3n) is 4.60. The molecule has 126 valence electrons. The minimum atomic E-state index is 0. The van der Waals surface area contributed by atoms with Crippen molar-refractivity contribution in [1.29, 1.82) is 0 Å². The number of nitrogens with one attached hydrogen (secondary N) is 1. The Kier molecular flexibility index (Phi) is 6.09. The number of hydrogen-bond donors (Lipinski definition) is 1. The summed E-state index contributed by atoms with van der Waals surface area (Å²) in [4.78, 5) is 2.41. The van der Waals surface area contributed by atoms with Crippen LogP contribution in [0, 0.1) is 13.8 Å². The average Bonchev–Trinajstić information content (AvgIpc) is 2.67. The van der Waals surface area contributed by atoms with Crippen LogP contribution < -0.4 is 5.32 Å². The number of rotatable bonds is 5. The van der Waals surface area contributed by atoms with Crippen LogP contribution in [0.2, 0.25) is 5.02 Å². The van der Waals surface area contributed by atoms with Crippen LogP contribution in [0.1, 0.15) is 22.5 Å². The Hall–Kier alpha value is -1.07. The van der Waals surface area contributed by atoms with Gasteiger partial charge >= 0.3 is 0 Å². The lowest BCUT2D eigenvalue weighted by atomic mass is 10.1. The monoisotopic (exact) mass is 354 g/mol. The number of aryl methyl sites for hydroxylation is 1. The summed E-state index contributed by atoms with van der Waals surface area (Å²) < 4.78 is 2.07. The summed E-state index contributed by atoms with van der Waals surface area (Å²) in [5.41, 5.74) is 4.79. The van der Waals surface area contributed by atoms with Gasteiger partial charge in [0.05, 0.1) is 12.2 Å². The van der Waals surface area contributed by atoms with Crippen LogP contribution in [0.3, 0.4) is 0 Å². The number of nitrogens with zero attached hydrogens (tertiary/aromatic N) is 3. The van der Waals surface area contributed by atoms with Crippen molar-refractivity contribution >= 4 is 24.0 Å². The molecule has 1 saturated heterocycles. The third kappa shape index (κ3) is 3.89. The molecule has 0 aliphatic carbocycles. The Bertz CT molecular complexity index is 665. The maximum Gasteiger partial charge on any atom is 0.0677 e. The van der Waals surface area contributed by atoms with Gasteiger partial charge in [0, 0.05) is 42.0 Å². The zero-order chi connectivity index (χ0) is 15.7. The van der Waals surface area contributed by atoms with Crippen molar-refractivity contribution in [1.82, 2.24) is 20.0 Å². The summed E-state index contributed by atoms with van der Waals surface area (Å²) in [7, 11) is 2.19. The summed E-state index contributed by atoms with van der Waals surface area (Å²) in [5, 5.41) is 8.84. The Balaban J connectivity index is 0.00000192. The fraction of sp³-hybridized carbons (Fsp3) is 0.471. The first-order valence-corrected chi connectivity index (χ1v) is 8.11. The molecule has 1 fully saturated rings. The fourth-order valence-electron chi connectivity index (χ4n) is 2.87. The first-order chi connectivity index (χ1) is 10.6. The predicted octanol–water partition coefficient (Wildman–Crippen LogP) is 3.03. The van der Waals surface area contributed by atoms with E-state index in [0.717, 1.165) is 42.5 Å². The van der Waals surface area contributed by atoms with E-state index in [2.05, 4.69) is 41.9 Å². The highest BCUT2D eigenvalue weighted by Crippen LogP contribution is 2.21. The molecule has 2 heterocycles. The molecule has 6 heteroatoms. The van der Waals surface area contributed by atoms with Crippen molar-refractivity contribution in [3.63, 3.8) is 0 Å². The van der Waals surface area contributed by atoms with E-state index in [1.165, 1.54) is 11.3 Å². The molecule has 1 aliphatic heterocycles. The van der Waals surface area contributed by atoms with Crippen LogP contribution in [-0.4, -0.2) is 40.9 Å². The van der Waals surface area contributed by atoms with Gasteiger partial charge in [0.1, 0.15) is 0 Å². The second-order valence-electron chi connectivity index (χ2n) is 6.13. The van der Waals surface area contributed by atoms with E-state index >= 15 is 0 Å². The van der Waals surface area contributed by atoms with Crippen molar-refractivity contribution in [2.24, 2.45) is 0 Å². The maximum absolute atomic E-state index is 6.27. The number of benzene rings is 1. The summed E-state index contributed by atoms with van der Waals surface area (Å²) in [6.45, 7) is 8.09. The molecule has 4 nitrogen and oxygen atoms in total. The minimum Gasteiger partial charge on any atom is -0.314 e. The molecule has 0 bridgehead atoms. The minimum absolute atomic E-state index is 0. The smallest absolute Gasteiger partial charge is 0.0677 e. The molecule has 0 atom stereocenters. The SMILES string of the molecule is Cc1nn(Cc2ccccc2Cl)c(C)c1CN(C)C1CNC1.Cl. The van der Waals surface area contributed by atoms with Gasteiger partial charge in [-0.2, -0.15) is 5.10 Å². The van der Waals surface area contributed by atoms with Gasteiger partial charge in [0.2, 0.25) is 0 Å². The Morgan fingerprint density at radius 2 is 2.00 bits per heavy atom. The van der Waals surface area contributed by atoms with Crippen LogP contribution in [0.15, 0.2) is 24.3 Å². The molecular formula is C17H24Cl2N4. The first kappa shape index (κ1) is 18.3. The lowest BCUT2D eigenvalue weighted by Crippen LogP contribution is -2.55. The molecule has 2 aromatic rings. The molecule has 1 aliphatic rings. The van der Waals surface area contributed by atoms with E-state index in [1.54, 1.807) is 0 Å². The van der Waals surface area contributed by atoms with Crippen LogP contribution in [0.4, 0.5) is 0 Å². The van der Waals surface area contributed by atoms with Gasteiger partial charge in [-0.3, -0.25) is 9.58 Å². The summed E-state index contributed by atoms with van der Waals surface area (Å²) >= 11 is 6.27. The largest absolute Gasteiger partial charge is 0.314 e. The second kappa shape index (κ2) is 7.67. The van der Waals surface area contributed by atoms with Gasteiger partial charge < -0.3 is 5.32 Å². The van der Waals surface area contributed by atoms with Crippen LogP contribution in [0.5, 0.6) is 0 Å². The first-order valence-electron chi connectivity index (χ1n) is 7.73. The van der Waals surface area contributed by atoms with Gasteiger partial charge in [-0.1, -0.05) is 29.8 Å². The van der Waals surface area contributed by atoms with Crippen molar-refractivity contribution < 1.29 is 0 Å². The lowest BCUT2D eigenvalue weighted by Gasteiger charge is -2.35. The number of halogens is 2. The summed E-state index contributed by atoms with van der Waals surface area (Å²) in [5.74, 6) is 0. The van der Waals surface area contributed by atoms with Gasteiger partial charge in [-0.15, -0.1) is 12.4 Å². The number of hydrogen-bond acceptors (Lipinski definition) is 3. The van der Waals surface area contributed by atoms with E-state index in [4.69, 9.17) is 16.7 Å². The zero-order valence-corrected chi connectivity index (χ0v) is 15.4. The maximum atomic E-state index is 6.27. The Labute approximate surface area is 149 Å². The van der Waals surface area contributed by atoms with E-state index in [1.807, 2.05) is 18.2 Å². The molecular weight excluding hydrogens is 331 g/mol. The number of likely N-dealkylation sites (N-methyl/N-ethyl adjacent to an activating group) is 1. The van der Waals surface area contributed by atoms with Crippen molar-refractivity contribution in [2.45, 2.75) is 33.0 Å². The molecule has 1 N–H and O–H groups in total. The van der Waals surface area contributed by atoms with E-state index in [-0.39, 0.29) is 12.4 Å². The standard InChI is InChI=1S/C17H23ClN4.ClH/c1-12-16(11-21(3)15-8-19-9-15)13(2)22(20-12)10-14-6-4-5-7-17(14)18;/h4-7,15,19H,8-11H2,1-3H3;1H. The van der Waals surface area contributed by atoms with Crippen LogP contribution in [0.25, 0.3) is 0 Å². The van der Waals surface area contributed by atoms with Gasteiger partial charge in [-0.25, -0.2) is 0 Å². The van der Waals surface area contributed by atoms with E-state index < -0.39 is 0 Å². The number of aromatic nitrogens is 2. The highest BCUT2D eigenvalue weighted by molar-refractivity contribution is 6.31. The molecule has 0 radical (unpaired) electrons. The van der Waals surface area contributed by atoms with Crippen molar-refractivity contribution in [3.05, 3.63) is 51.8 Å². The van der Waals surface area contributed by atoms with Gasteiger partial charge in [0.25, 0.3) is 0 Å². The fourth-order valence-corrected chi connectivity index (χ4v) is 3.06. The highest BCUT2D eigenvalue weighted by Gasteiger charge is 2.23. The Morgan fingerprint density at radius 1 is 1.30 bits per heavy atom. The Morgan fingerprint density at radius 3 is 2.61 bits per heavy atom. The second-order valence-corrected chi connectivity index (χ2v) is 6.53. The molecule has 0 amide bonds. The molecule has 0 spiro atoms. The van der Waals surface area contributed by atoms with Crippen molar-refractivity contribution in [3.8, 4) is 0 Å². The quantitative estimate of drug-likeness (QED) is 0.895. The molecule has 1 aromatic heterocycles. The highest BCUT2D eigenvalue weighted by atomic mass is 35.5. The van der Waals surface area contributed by atoms with Crippen molar-refractivity contribution in [2.75, 3.05) is 20.1 Å². The summed E-state index contributed by atoms with van der Waals surface area (Å²) in [6, 6.07) is 8.61. The molecule has 3 rings (SSSR count). The van der Waals surface area contributed by atoms with Crippen LogP contribution >= 0.6 is 24.0 Å². The van der Waals surface area contributed by atoms with Gasteiger partial charge in [-0.05, 0) is 32.5 Å². The lowest BCUT2D eigenvalue weighted by molar-refractivity contribution is 0.172. The van der Waals surface area contributed by atoms with Gasteiger partial charge in [0.15, 0.2) is 0 Å². The molecule has 23 heavy (non-hydrogen) atoms. The zero-order valence-electron chi connectivity index (χ0n) is 13.8. The molecule has 0 saturated carbocycles. The topological polar surface area (TPSA) is 33.1 Å². The molecule has 0 unspecified atom stereocenters. The molecule has 1 aromatic carbocycles. The third-order valence-corrected chi connectivity index (χ3v) is 4.97. The van der Waals surface area contributed by atoms with E-state index in [0.29, 0.717) is 6.04 Å². The van der Waals surface area contributed by atoms with Crippen LogP contribution in [-0.2, 0) is 13.1 Å². The average molecular weight is 355 g/mol. The predicted molar refractivity (Wildman–Crippen MR) is 97.6 cm³/mol. The van der Waals surface area contributed by atoms with E-state index in [9.17, 15) is 0 Å². The normalized spacial score (nSPS) is 14.7.